The van der Waals surface area contributed by atoms with E-state index in [4.69, 9.17) is 22.9 Å². The van der Waals surface area contributed by atoms with Crippen LogP contribution in [0.25, 0.3) is 0 Å². The molecule has 5 amide bonds. The van der Waals surface area contributed by atoms with Crippen molar-refractivity contribution in [3.8, 4) is 5.75 Å². The first kappa shape index (κ1) is 32.8. The van der Waals surface area contributed by atoms with E-state index < -0.39 is 66.1 Å². The molecule has 0 saturated carbocycles. The second kappa shape index (κ2) is 16.6. The third kappa shape index (κ3) is 12.7. The molecule has 0 aliphatic carbocycles. The number of phenolic OH excluding ortho intramolecular Hbond substituents is 1. The summed E-state index contributed by atoms with van der Waals surface area (Å²) in [6.07, 6.45) is 0.0221. The monoisotopic (exact) mass is 551 g/mol. The Balaban J connectivity index is 3.12. The molecule has 0 fully saturated rings. The summed E-state index contributed by atoms with van der Waals surface area (Å²) in [4.78, 5) is 72.9. The molecule has 0 aromatic heterocycles. The minimum absolute atomic E-state index is 0.0356. The van der Waals surface area contributed by atoms with Crippen molar-refractivity contribution < 1.29 is 39.0 Å². The number of hydrogen-bond acceptors (Lipinski definition) is 9. The lowest BCUT2D eigenvalue weighted by atomic mass is 10.0. The van der Waals surface area contributed by atoms with Crippen molar-refractivity contribution in [2.75, 3.05) is 6.54 Å². The molecule has 13 N–H and O–H groups in total. The highest BCUT2D eigenvalue weighted by molar-refractivity contribution is 5.96. The quantitative estimate of drug-likeness (QED) is 0.0837. The maximum atomic E-state index is 13.1. The van der Waals surface area contributed by atoms with Crippen molar-refractivity contribution in [1.29, 1.82) is 0 Å². The molecule has 1 aromatic carbocycles. The summed E-state index contributed by atoms with van der Waals surface area (Å²) < 4.78 is 0. The van der Waals surface area contributed by atoms with Gasteiger partial charge in [-0.25, -0.2) is 4.79 Å². The number of carboxylic acid groups (broad SMARTS) is 1. The molecule has 15 heteroatoms. The highest BCUT2D eigenvalue weighted by Gasteiger charge is 2.31. The van der Waals surface area contributed by atoms with Crippen LogP contribution in [0, 0.1) is 0 Å². The Bertz CT molecular complexity index is 1020. The van der Waals surface area contributed by atoms with E-state index in [1.54, 1.807) is 0 Å². The van der Waals surface area contributed by atoms with E-state index in [0.717, 1.165) is 0 Å². The van der Waals surface area contributed by atoms with Gasteiger partial charge < -0.3 is 49.1 Å². The zero-order valence-electron chi connectivity index (χ0n) is 21.4. The number of rotatable bonds is 18. The van der Waals surface area contributed by atoms with E-state index in [9.17, 15) is 39.0 Å². The molecule has 0 bridgehead atoms. The third-order valence-corrected chi connectivity index (χ3v) is 5.65. The summed E-state index contributed by atoms with van der Waals surface area (Å²) in [6, 6.07) is 0.384. The van der Waals surface area contributed by atoms with Gasteiger partial charge in [-0.05, 0) is 49.9 Å². The van der Waals surface area contributed by atoms with Crippen molar-refractivity contribution in [2.24, 2.45) is 22.9 Å². The third-order valence-electron chi connectivity index (χ3n) is 5.65. The maximum Gasteiger partial charge on any atom is 0.326 e. The normalized spacial score (nSPS) is 13.8. The molecule has 0 radical (unpaired) electrons. The van der Waals surface area contributed by atoms with Gasteiger partial charge in [-0.15, -0.1) is 0 Å². The zero-order chi connectivity index (χ0) is 29.5. The Kier molecular flexibility index (Phi) is 13.9. The fourth-order valence-corrected chi connectivity index (χ4v) is 3.49. The number of carbonyl (C=O) groups excluding carboxylic acids is 5. The number of nitrogens with two attached hydrogens (primary N) is 4. The summed E-state index contributed by atoms with van der Waals surface area (Å²) in [6.45, 7) is 0.346. The first-order chi connectivity index (χ1) is 18.3. The van der Waals surface area contributed by atoms with Crippen LogP contribution in [-0.4, -0.2) is 76.4 Å². The highest BCUT2D eigenvalue weighted by atomic mass is 16.4. The summed E-state index contributed by atoms with van der Waals surface area (Å²) >= 11 is 0. The molecule has 216 valence electrons. The summed E-state index contributed by atoms with van der Waals surface area (Å²) in [5.41, 5.74) is 22.0. The fourth-order valence-electron chi connectivity index (χ4n) is 3.49. The molecule has 4 unspecified atom stereocenters. The van der Waals surface area contributed by atoms with Crippen LogP contribution in [0.15, 0.2) is 24.3 Å². The van der Waals surface area contributed by atoms with Gasteiger partial charge in [0.05, 0.1) is 12.5 Å². The Morgan fingerprint density at radius 2 is 1.33 bits per heavy atom. The number of primary amides is 2. The van der Waals surface area contributed by atoms with Crippen LogP contribution in [0.1, 0.15) is 44.1 Å². The number of amides is 5. The zero-order valence-corrected chi connectivity index (χ0v) is 21.4. The molecule has 4 atom stereocenters. The first-order valence-corrected chi connectivity index (χ1v) is 12.3. The number of nitrogens with one attached hydrogen (secondary N) is 3. The van der Waals surface area contributed by atoms with Gasteiger partial charge in [0.1, 0.15) is 23.9 Å². The number of phenols is 1. The molecule has 15 nitrogen and oxygen atoms in total. The molecule has 0 heterocycles. The molecule has 1 rings (SSSR count). The standard InChI is InChI=1S/C24H37N7O8/c25-10-2-1-3-16(24(38)39)29-22(36)17(11-13-4-6-14(32)7-5-13)31-23(37)18(12-20(28)34)30-21(35)15(26)8-9-19(27)33/h4-7,15-18,32H,1-3,8-12,25-26H2,(H2,27,33)(H2,28,34)(H,29,36)(H,30,35)(H,31,37)(H,38,39). The van der Waals surface area contributed by atoms with Crippen molar-refractivity contribution in [2.45, 2.75) is 69.1 Å². The number of carboxylic acids is 1. The van der Waals surface area contributed by atoms with Crippen molar-refractivity contribution in [3.63, 3.8) is 0 Å². The maximum absolute atomic E-state index is 13.1. The van der Waals surface area contributed by atoms with Crippen LogP contribution in [0.2, 0.25) is 0 Å². The molecule has 1 aromatic rings. The molecule has 39 heavy (non-hydrogen) atoms. The van der Waals surface area contributed by atoms with E-state index in [-0.39, 0.29) is 31.4 Å². The van der Waals surface area contributed by atoms with E-state index in [1.807, 2.05) is 0 Å². The highest BCUT2D eigenvalue weighted by Crippen LogP contribution is 2.12. The average Bonchev–Trinajstić information content (AvgIpc) is 2.86. The smallest absolute Gasteiger partial charge is 0.326 e. The lowest BCUT2D eigenvalue weighted by Gasteiger charge is -2.25. The van der Waals surface area contributed by atoms with Crippen molar-refractivity contribution in [1.82, 2.24) is 16.0 Å². The van der Waals surface area contributed by atoms with Gasteiger partial charge in [0.25, 0.3) is 0 Å². The number of hydrogen-bond donors (Lipinski definition) is 9. The number of carbonyl (C=O) groups is 6. The van der Waals surface area contributed by atoms with Gasteiger partial charge in [0.15, 0.2) is 0 Å². The number of unbranched alkanes of at least 4 members (excludes halogenated alkanes) is 1. The second-order valence-electron chi connectivity index (χ2n) is 8.96. The lowest BCUT2D eigenvalue weighted by Crippen LogP contribution is -2.58. The van der Waals surface area contributed by atoms with E-state index in [0.29, 0.717) is 24.9 Å². The summed E-state index contributed by atoms with van der Waals surface area (Å²) in [5, 5.41) is 26.2. The minimum atomic E-state index is -1.52. The van der Waals surface area contributed by atoms with Crippen molar-refractivity contribution in [3.05, 3.63) is 29.8 Å². The van der Waals surface area contributed by atoms with Crippen LogP contribution in [0.4, 0.5) is 0 Å². The van der Waals surface area contributed by atoms with Gasteiger partial charge >= 0.3 is 5.97 Å². The van der Waals surface area contributed by atoms with Gasteiger partial charge in [-0.3, -0.25) is 24.0 Å². The van der Waals surface area contributed by atoms with Gasteiger partial charge in [-0.2, -0.15) is 0 Å². The van der Waals surface area contributed by atoms with E-state index in [1.165, 1.54) is 24.3 Å². The number of benzene rings is 1. The van der Waals surface area contributed by atoms with Crippen LogP contribution < -0.4 is 38.9 Å². The Labute approximate surface area is 225 Å². The lowest BCUT2D eigenvalue weighted by molar-refractivity contribution is -0.142. The van der Waals surface area contributed by atoms with Crippen molar-refractivity contribution >= 4 is 35.5 Å². The topological polar surface area (TPSA) is 283 Å². The van der Waals surface area contributed by atoms with Crippen LogP contribution in [-0.2, 0) is 35.2 Å². The van der Waals surface area contributed by atoms with Crippen LogP contribution in [0.3, 0.4) is 0 Å². The Morgan fingerprint density at radius 3 is 1.87 bits per heavy atom. The minimum Gasteiger partial charge on any atom is -0.508 e. The van der Waals surface area contributed by atoms with Gasteiger partial charge in [0.2, 0.25) is 29.5 Å². The SMILES string of the molecule is NCCCCC(NC(=O)C(Cc1ccc(O)cc1)NC(=O)C(CC(N)=O)NC(=O)C(N)CCC(N)=O)C(=O)O. The fraction of sp³-hybridized carbons (Fsp3) is 0.500. The summed E-state index contributed by atoms with van der Waals surface area (Å²) in [5.74, 6) is -5.59. The molecular formula is C24H37N7O8. The molecular weight excluding hydrogens is 514 g/mol. The molecule has 0 aliphatic heterocycles. The molecule has 0 spiro atoms. The van der Waals surface area contributed by atoms with Crippen LogP contribution >= 0.6 is 0 Å². The Morgan fingerprint density at radius 1 is 0.769 bits per heavy atom. The molecule has 0 saturated heterocycles. The summed E-state index contributed by atoms with van der Waals surface area (Å²) in [7, 11) is 0. The van der Waals surface area contributed by atoms with Gasteiger partial charge in [0, 0.05) is 12.8 Å². The number of aromatic hydroxyl groups is 1. The average molecular weight is 552 g/mol. The second-order valence-corrected chi connectivity index (χ2v) is 8.96. The van der Waals surface area contributed by atoms with E-state index >= 15 is 0 Å². The first-order valence-electron chi connectivity index (χ1n) is 12.3. The van der Waals surface area contributed by atoms with E-state index in [2.05, 4.69) is 16.0 Å². The predicted molar refractivity (Wildman–Crippen MR) is 138 cm³/mol. The predicted octanol–water partition coefficient (Wildman–Crippen LogP) is -2.93. The van der Waals surface area contributed by atoms with Gasteiger partial charge in [-0.1, -0.05) is 12.1 Å². The van der Waals surface area contributed by atoms with Crippen LogP contribution in [0.5, 0.6) is 5.75 Å². The number of aliphatic carboxylic acids is 1. The largest absolute Gasteiger partial charge is 0.508 e. The Hall–Kier alpha value is -4.24. The molecule has 0 aliphatic rings.